The van der Waals surface area contributed by atoms with Crippen LogP contribution in [0.5, 0.6) is 0 Å². The fraction of sp³-hybridized carbons (Fsp3) is 0.467. The molecule has 0 saturated carbocycles. The summed E-state index contributed by atoms with van der Waals surface area (Å²) in [4.78, 5) is 6.72. The molecule has 3 rings (SSSR count). The Morgan fingerprint density at radius 1 is 1.33 bits per heavy atom. The molecular formula is C15H18ClN3O2. The first-order valence-electron chi connectivity index (χ1n) is 7.16. The van der Waals surface area contributed by atoms with Crippen LogP contribution in [0.4, 0.5) is 0 Å². The van der Waals surface area contributed by atoms with E-state index in [0.29, 0.717) is 29.2 Å². The van der Waals surface area contributed by atoms with Gasteiger partial charge in [-0.1, -0.05) is 16.8 Å². The molecule has 1 N–H and O–H groups in total. The van der Waals surface area contributed by atoms with Crippen molar-refractivity contribution in [2.24, 2.45) is 5.92 Å². The summed E-state index contributed by atoms with van der Waals surface area (Å²) in [6.45, 7) is 2.94. The molecule has 1 unspecified atom stereocenters. The molecule has 1 aliphatic heterocycles. The van der Waals surface area contributed by atoms with Gasteiger partial charge in [0.2, 0.25) is 11.7 Å². The number of likely N-dealkylation sites (tertiary alicyclic amines) is 1. The van der Waals surface area contributed by atoms with Crippen molar-refractivity contribution in [2.75, 3.05) is 19.7 Å². The van der Waals surface area contributed by atoms with Gasteiger partial charge in [0, 0.05) is 23.7 Å². The van der Waals surface area contributed by atoms with Crippen molar-refractivity contribution in [3.8, 4) is 11.4 Å². The number of hydrogen-bond acceptors (Lipinski definition) is 5. The first-order chi connectivity index (χ1) is 10.2. The fourth-order valence-electron chi connectivity index (χ4n) is 2.70. The van der Waals surface area contributed by atoms with Crippen molar-refractivity contribution in [3.05, 3.63) is 35.2 Å². The van der Waals surface area contributed by atoms with Gasteiger partial charge in [0.25, 0.3) is 0 Å². The van der Waals surface area contributed by atoms with Gasteiger partial charge in [-0.3, -0.25) is 4.90 Å². The average Bonchev–Trinajstić information content (AvgIpc) is 3.11. The van der Waals surface area contributed by atoms with Crippen LogP contribution in [-0.4, -0.2) is 39.8 Å². The maximum atomic E-state index is 8.98. The monoisotopic (exact) mass is 307 g/mol. The third-order valence-electron chi connectivity index (χ3n) is 3.84. The van der Waals surface area contributed by atoms with Gasteiger partial charge in [-0.15, -0.1) is 0 Å². The fourth-order valence-corrected chi connectivity index (χ4v) is 2.83. The summed E-state index contributed by atoms with van der Waals surface area (Å²) < 4.78 is 5.32. The zero-order valence-corrected chi connectivity index (χ0v) is 12.5. The minimum Gasteiger partial charge on any atom is -0.396 e. The van der Waals surface area contributed by atoms with Crippen LogP contribution in [0.3, 0.4) is 0 Å². The summed E-state index contributed by atoms with van der Waals surface area (Å²) in [5, 5.41) is 13.7. The lowest BCUT2D eigenvalue weighted by Gasteiger charge is -2.12. The average molecular weight is 308 g/mol. The van der Waals surface area contributed by atoms with Gasteiger partial charge >= 0.3 is 0 Å². The number of aliphatic hydroxyl groups is 1. The number of aromatic nitrogens is 2. The quantitative estimate of drug-likeness (QED) is 0.920. The normalized spacial score (nSPS) is 19.2. The van der Waals surface area contributed by atoms with E-state index in [1.807, 2.05) is 24.3 Å². The van der Waals surface area contributed by atoms with Crippen LogP contribution in [0.25, 0.3) is 11.4 Å². The molecule has 112 valence electrons. The summed E-state index contributed by atoms with van der Waals surface area (Å²) in [6.07, 6.45) is 2.00. The highest BCUT2D eigenvalue weighted by atomic mass is 35.5. The van der Waals surface area contributed by atoms with Gasteiger partial charge in [-0.25, -0.2) is 0 Å². The minimum absolute atomic E-state index is 0.264. The molecular weight excluding hydrogens is 290 g/mol. The van der Waals surface area contributed by atoms with E-state index in [1.165, 1.54) is 0 Å². The van der Waals surface area contributed by atoms with Crippen LogP contribution in [0.2, 0.25) is 5.02 Å². The van der Waals surface area contributed by atoms with E-state index in [9.17, 15) is 0 Å². The molecule has 21 heavy (non-hydrogen) atoms. The Kier molecular flexibility index (Phi) is 4.53. The van der Waals surface area contributed by atoms with Crippen molar-refractivity contribution in [1.29, 1.82) is 0 Å². The van der Waals surface area contributed by atoms with Crippen LogP contribution in [0, 0.1) is 5.92 Å². The zero-order chi connectivity index (χ0) is 14.7. The van der Waals surface area contributed by atoms with E-state index in [4.69, 9.17) is 21.2 Å². The Hall–Kier alpha value is -1.43. The molecule has 5 nitrogen and oxygen atoms in total. The number of halogens is 1. The third kappa shape index (κ3) is 3.61. The lowest BCUT2D eigenvalue weighted by atomic mass is 10.1. The standard InChI is InChI=1S/C15H18ClN3O2/c16-13-3-1-12(2-4-13)15-17-14(21-18-15)10-19-7-5-11(9-19)6-8-20/h1-4,11,20H,5-10H2. The van der Waals surface area contributed by atoms with E-state index >= 15 is 0 Å². The molecule has 2 heterocycles. The Morgan fingerprint density at radius 2 is 2.14 bits per heavy atom. The Labute approximate surface area is 128 Å². The molecule has 1 saturated heterocycles. The maximum Gasteiger partial charge on any atom is 0.241 e. The first-order valence-corrected chi connectivity index (χ1v) is 7.54. The highest BCUT2D eigenvalue weighted by Crippen LogP contribution is 2.22. The molecule has 0 radical (unpaired) electrons. The van der Waals surface area contributed by atoms with E-state index in [1.54, 1.807) is 0 Å². The molecule has 0 bridgehead atoms. The van der Waals surface area contributed by atoms with Crippen molar-refractivity contribution < 1.29 is 9.63 Å². The molecule has 2 aromatic rings. The van der Waals surface area contributed by atoms with E-state index < -0.39 is 0 Å². The smallest absolute Gasteiger partial charge is 0.241 e. The minimum atomic E-state index is 0.264. The number of aliphatic hydroxyl groups excluding tert-OH is 1. The second-order valence-corrected chi connectivity index (χ2v) is 5.86. The predicted octanol–water partition coefficient (Wildman–Crippen LogP) is 2.59. The number of hydrogen-bond donors (Lipinski definition) is 1. The van der Waals surface area contributed by atoms with E-state index in [2.05, 4.69) is 15.0 Å². The van der Waals surface area contributed by atoms with Crippen molar-refractivity contribution in [3.63, 3.8) is 0 Å². The van der Waals surface area contributed by atoms with E-state index in [0.717, 1.165) is 31.5 Å². The maximum absolute atomic E-state index is 8.98. The third-order valence-corrected chi connectivity index (χ3v) is 4.09. The van der Waals surface area contributed by atoms with Crippen molar-refractivity contribution in [2.45, 2.75) is 19.4 Å². The Balaban J connectivity index is 1.62. The van der Waals surface area contributed by atoms with Gasteiger partial charge < -0.3 is 9.63 Å². The van der Waals surface area contributed by atoms with Gasteiger partial charge in [0.05, 0.1) is 6.54 Å². The van der Waals surface area contributed by atoms with Crippen LogP contribution in [0.1, 0.15) is 18.7 Å². The lowest BCUT2D eigenvalue weighted by Crippen LogP contribution is -2.20. The van der Waals surface area contributed by atoms with Crippen LogP contribution >= 0.6 is 11.6 Å². The van der Waals surface area contributed by atoms with Gasteiger partial charge in [0.1, 0.15) is 0 Å². The summed E-state index contributed by atoms with van der Waals surface area (Å²) in [6, 6.07) is 7.38. The topological polar surface area (TPSA) is 62.4 Å². The molecule has 1 aromatic heterocycles. The van der Waals surface area contributed by atoms with Gasteiger partial charge in [0.15, 0.2) is 0 Å². The number of rotatable bonds is 5. The molecule has 0 aliphatic carbocycles. The predicted molar refractivity (Wildman–Crippen MR) is 79.8 cm³/mol. The molecule has 1 atom stereocenters. The van der Waals surface area contributed by atoms with Crippen LogP contribution in [-0.2, 0) is 6.54 Å². The summed E-state index contributed by atoms with van der Waals surface area (Å²) >= 11 is 5.87. The van der Waals surface area contributed by atoms with Crippen LogP contribution in [0.15, 0.2) is 28.8 Å². The van der Waals surface area contributed by atoms with Crippen LogP contribution < -0.4 is 0 Å². The second-order valence-electron chi connectivity index (χ2n) is 5.42. The summed E-state index contributed by atoms with van der Waals surface area (Å²) in [5.74, 6) is 1.80. The largest absolute Gasteiger partial charge is 0.396 e. The van der Waals surface area contributed by atoms with Crippen molar-refractivity contribution in [1.82, 2.24) is 15.0 Å². The van der Waals surface area contributed by atoms with Gasteiger partial charge in [-0.2, -0.15) is 4.98 Å². The zero-order valence-electron chi connectivity index (χ0n) is 11.7. The second kappa shape index (κ2) is 6.56. The Bertz CT molecular complexity index is 585. The van der Waals surface area contributed by atoms with Crippen molar-refractivity contribution >= 4 is 11.6 Å². The molecule has 0 amide bonds. The molecule has 1 aliphatic rings. The molecule has 1 aromatic carbocycles. The lowest BCUT2D eigenvalue weighted by molar-refractivity contribution is 0.236. The number of benzene rings is 1. The molecule has 6 heteroatoms. The summed E-state index contributed by atoms with van der Waals surface area (Å²) in [5.41, 5.74) is 0.897. The molecule has 0 spiro atoms. The molecule has 1 fully saturated rings. The SMILES string of the molecule is OCCC1CCN(Cc2nc(-c3ccc(Cl)cc3)no2)C1. The van der Waals surface area contributed by atoms with E-state index in [-0.39, 0.29) is 6.61 Å². The first kappa shape index (κ1) is 14.5. The highest BCUT2D eigenvalue weighted by molar-refractivity contribution is 6.30. The summed E-state index contributed by atoms with van der Waals surface area (Å²) in [7, 11) is 0. The Morgan fingerprint density at radius 3 is 2.90 bits per heavy atom. The highest BCUT2D eigenvalue weighted by Gasteiger charge is 2.23. The number of nitrogens with zero attached hydrogens (tertiary/aromatic N) is 3. The van der Waals surface area contributed by atoms with Gasteiger partial charge in [-0.05, 0) is 49.6 Å².